The molecule has 0 saturated carbocycles. The fraction of sp³-hybridized carbons (Fsp3) is 0.0526. The summed E-state index contributed by atoms with van der Waals surface area (Å²) in [6.07, 6.45) is 0. The van der Waals surface area contributed by atoms with Gasteiger partial charge in [0, 0.05) is 17.7 Å². The molecule has 3 aromatic rings. The molecule has 1 amide bonds. The van der Waals surface area contributed by atoms with Gasteiger partial charge in [-0.1, -0.05) is 42.5 Å². The average Bonchev–Trinajstić information content (AvgIpc) is 2.65. The number of hydrogen-bond acceptors (Lipinski definition) is 4. The van der Waals surface area contributed by atoms with Gasteiger partial charge >= 0.3 is 0 Å². The zero-order valence-electron chi connectivity index (χ0n) is 13.5. The van der Waals surface area contributed by atoms with E-state index in [1.165, 1.54) is 24.3 Å². The van der Waals surface area contributed by atoms with Gasteiger partial charge in [0.05, 0.1) is 10.6 Å². The molecular weight excluding hydrogens is 318 g/mol. The lowest BCUT2D eigenvalue weighted by Gasteiger charge is -2.05. The molecule has 0 bridgehead atoms. The topological polar surface area (TPSA) is 84.6 Å². The quantitative estimate of drug-likeness (QED) is 0.446. The van der Waals surface area contributed by atoms with Gasteiger partial charge in [-0.05, 0) is 35.4 Å². The van der Waals surface area contributed by atoms with Crippen LogP contribution in [0, 0.1) is 10.1 Å². The summed E-state index contributed by atoms with van der Waals surface area (Å²) in [4.78, 5) is 22.4. The molecule has 6 heteroatoms. The lowest BCUT2D eigenvalue weighted by molar-refractivity contribution is -0.384. The molecule has 0 saturated heterocycles. The smallest absolute Gasteiger partial charge is 0.267 e. The molecule has 0 radical (unpaired) electrons. The molecule has 3 rings (SSSR count). The van der Waals surface area contributed by atoms with Gasteiger partial charge in [0.15, 0.2) is 0 Å². The summed E-state index contributed by atoms with van der Waals surface area (Å²) in [5.41, 5.74) is 4.02. The molecule has 0 unspecified atom stereocenters. The average molecular weight is 333 g/mol. The molecule has 0 fully saturated rings. The van der Waals surface area contributed by atoms with Crippen LogP contribution in [0.25, 0.3) is 10.8 Å². The van der Waals surface area contributed by atoms with Crippen LogP contribution in [0.15, 0.2) is 71.8 Å². The van der Waals surface area contributed by atoms with Gasteiger partial charge < -0.3 is 0 Å². The van der Waals surface area contributed by atoms with Crippen LogP contribution in [-0.2, 0) is 0 Å². The second-order valence-corrected chi connectivity index (χ2v) is 5.51. The van der Waals surface area contributed by atoms with E-state index in [1.807, 2.05) is 42.5 Å². The standard InChI is InChI=1S/C19H15N3O3/c1-13(15-10-9-14-5-2-3-6-16(14)11-15)20-21-19(23)17-7-4-8-18(12-17)22(24)25/h2-12H,1H3,(H,21,23)/b20-13-. The fourth-order valence-electron chi connectivity index (χ4n) is 2.44. The van der Waals surface area contributed by atoms with Crippen LogP contribution in [-0.4, -0.2) is 16.5 Å². The fourth-order valence-corrected chi connectivity index (χ4v) is 2.44. The molecule has 124 valence electrons. The number of nitro benzene ring substituents is 1. The van der Waals surface area contributed by atoms with Gasteiger partial charge in [0.1, 0.15) is 0 Å². The molecule has 0 aliphatic heterocycles. The van der Waals surface area contributed by atoms with E-state index < -0.39 is 10.8 Å². The molecule has 0 spiro atoms. The number of non-ortho nitro benzene ring substituents is 1. The predicted octanol–water partition coefficient (Wildman–Crippen LogP) is 3.90. The predicted molar refractivity (Wildman–Crippen MR) is 96.7 cm³/mol. The molecule has 0 heterocycles. The van der Waals surface area contributed by atoms with Gasteiger partial charge in [-0.3, -0.25) is 14.9 Å². The minimum atomic E-state index is -0.541. The van der Waals surface area contributed by atoms with Crippen molar-refractivity contribution >= 4 is 28.1 Å². The van der Waals surface area contributed by atoms with Crippen molar-refractivity contribution in [1.82, 2.24) is 5.43 Å². The van der Waals surface area contributed by atoms with Crippen molar-refractivity contribution in [2.45, 2.75) is 6.92 Å². The summed E-state index contributed by atoms with van der Waals surface area (Å²) >= 11 is 0. The second-order valence-electron chi connectivity index (χ2n) is 5.51. The Balaban J connectivity index is 1.79. The zero-order valence-corrected chi connectivity index (χ0v) is 13.5. The van der Waals surface area contributed by atoms with E-state index in [2.05, 4.69) is 10.5 Å². The summed E-state index contributed by atoms with van der Waals surface area (Å²) in [6, 6.07) is 19.4. The number of hydrazone groups is 1. The molecule has 0 aliphatic carbocycles. The third kappa shape index (κ3) is 3.69. The van der Waals surface area contributed by atoms with E-state index in [9.17, 15) is 14.9 Å². The maximum absolute atomic E-state index is 12.1. The van der Waals surface area contributed by atoms with Gasteiger partial charge in [0.25, 0.3) is 11.6 Å². The SMILES string of the molecule is C/C(=N/NC(=O)c1cccc([N+](=O)[O-])c1)c1ccc2ccccc2c1. The minimum absolute atomic E-state index is 0.136. The van der Waals surface area contributed by atoms with Crippen molar-refractivity contribution in [3.05, 3.63) is 88.0 Å². The highest BCUT2D eigenvalue weighted by atomic mass is 16.6. The summed E-state index contributed by atoms with van der Waals surface area (Å²) in [5, 5.41) is 17.1. The van der Waals surface area contributed by atoms with Gasteiger partial charge in [-0.15, -0.1) is 0 Å². The Morgan fingerprint density at radius 2 is 1.72 bits per heavy atom. The first-order chi connectivity index (χ1) is 12.0. The van der Waals surface area contributed by atoms with Crippen LogP contribution >= 0.6 is 0 Å². The van der Waals surface area contributed by atoms with E-state index in [0.29, 0.717) is 5.71 Å². The van der Waals surface area contributed by atoms with Crippen LogP contribution in [0.3, 0.4) is 0 Å². The lowest BCUT2D eigenvalue weighted by Crippen LogP contribution is -2.19. The third-order valence-electron chi connectivity index (χ3n) is 3.81. The molecular formula is C19H15N3O3. The molecule has 0 atom stereocenters. The minimum Gasteiger partial charge on any atom is -0.267 e. The number of benzene rings is 3. The number of nitrogens with zero attached hydrogens (tertiary/aromatic N) is 2. The van der Waals surface area contributed by atoms with E-state index >= 15 is 0 Å². The maximum Gasteiger partial charge on any atom is 0.271 e. The molecule has 0 aromatic heterocycles. The molecule has 0 aliphatic rings. The van der Waals surface area contributed by atoms with Crippen molar-refractivity contribution in [2.24, 2.45) is 5.10 Å². The Kier molecular flexibility index (Phi) is 4.52. The van der Waals surface area contributed by atoms with Crippen molar-refractivity contribution < 1.29 is 9.72 Å². The number of rotatable bonds is 4. The Hall–Kier alpha value is -3.54. The largest absolute Gasteiger partial charge is 0.271 e. The van der Waals surface area contributed by atoms with Crippen LogP contribution in [0.2, 0.25) is 0 Å². The summed E-state index contributed by atoms with van der Waals surface area (Å²) in [7, 11) is 0. The number of nitrogens with one attached hydrogen (secondary N) is 1. The monoisotopic (exact) mass is 333 g/mol. The van der Waals surface area contributed by atoms with E-state index in [-0.39, 0.29) is 11.3 Å². The Morgan fingerprint density at radius 1 is 0.960 bits per heavy atom. The number of nitro groups is 1. The summed E-state index contributed by atoms with van der Waals surface area (Å²) in [5.74, 6) is -0.496. The highest BCUT2D eigenvalue weighted by molar-refractivity contribution is 6.03. The van der Waals surface area contributed by atoms with Crippen molar-refractivity contribution in [3.63, 3.8) is 0 Å². The second kappa shape index (κ2) is 6.92. The Bertz CT molecular complexity index is 996. The number of carbonyl (C=O) groups is 1. The normalized spacial score (nSPS) is 11.3. The highest BCUT2D eigenvalue weighted by Gasteiger charge is 2.11. The third-order valence-corrected chi connectivity index (χ3v) is 3.81. The summed E-state index contributed by atoms with van der Waals surface area (Å²) < 4.78 is 0. The lowest BCUT2D eigenvalue weighted by atomic mass is 10.0. The van der Waals surface area contributed by atoms with Crippen molar-refractivity contribution in [1.29, 1.82) is 0 Å². The Morgan fingerprint density at radius 3 is 2.48 bits per heavy atom. The molecule has 6 nitrogen and oxygen atoms in total. The molecule has 3 aromatic carbocycles. The van der Waals surface area contributed by atoms with Crippen molar-refractivity contribution in [2.75, 3.05) is 0 Å². The number of carbonyl (C=O) groups excluding carboxylic acids is 1. The van der Waals surface area contributed by atoms with Crippen LogP contribution < -0.4 is 5.43 Å². The van der Waals surface area contributed by atoms with Crippen LogP contribution in [0.5, 0.6) is 0 Å². The van der Waals surface area contributed by atoms with Crippen LogP contribution in [0.4, 0.5) is 5.69 Å². The maximum atomic E-state index is 12.1. The van der Waals surface area contributed by atoms with E-state index in [4.69, 9.17) is 0 Å². The molecule has 1 N–H and O–H groups in total. The first kappa shape index (κ1) is 16.3. The van der Waals surface area contributed by atoms with Gasteiger partial charge in [-0.25, -0.2) is 5.43 Å². The number of amides is 1. The number of hydrogen-bond donors (Lipinski definition) is 1. The Labute approximate surface area is 143 Å². The molecule has 25 heavy (non-hydrogen) atoms. The first-order valence-electron chi connectivity index (χ1n) is 7.63. The van der Waals surface area contributed by atoms with Crippen molar-refractivity contribution in [3.8, 4) is 0 Å². The first-order valence-corrected chi connectivity index (χ1v) is 7.63. The van der Waals surface area contributed by atoms with Gasteiger partial charge in [0.2, 0.25) is 0 Å². The summed E-state index contributed by atoms with van der Waals surface area (Å²) in [6.45, 7) is 1.79. The highest BCUT2D eigenvalue weighted by Crippen LogP contribution is 2.16. The van der Waals surface area contributed by atoms with E-state index in [1.54, 1.807) is 6.92 Å². The van der Waals surface area contributed by atoms with Crippen LogP contribution in [0.1, 0.15) is 22.8 Å². The van der Waals surface area contributed by atoms with Gasteiger partial charge in [-0.2, -0.15) is 5.10 Å². The number of fused-ring (bicyclic) bond motifs is 1. The zero-order chi connectivity index (χ0) is 17.8. The van der Waals surface area contributed by atoms with E-state index in [0.717, 1.165) is 16.3 Å².